The van der Waals surface area contributed by atoms with Crippen molar-refractivity contribution < 1.29 is 14.2 Å². The zero-order valence-corrected chi connectivity index (χ0v) is 11.7. The van der Waals surface area contributed by atoms with E-state index in [2.05, 4.69) is 0 Å². The van der Waals surface area contributed by atoms with Crippen molar-refractivity contribution in [2.45, 2.75) is 13.5 Å². The maximum atomic E-state index is 5.75. The van der Waals surface area contributed by atoms with Crippen LogP contribution in [0.3, 0.4) is 0 Å². The Morgan fingerprint density at radius 3 is 2.30 bits per heavy atom. The van der Waals surface area contributed by atoms with Crippen LogP contribution >= 0.6 is 0 Å². The highest BCUT2D eigenvalue weighted by Gasteiger charge is 1.99. The van der Waals surface area contributed by atoms with Crippen LogP contribution < -0.4 is 9.47 Å². The molecule has 0 aliphatic carbocycles. The monoisotopic (exact) mass is 272 g/mol. The maximum Gasteiger partial charge on any atom is 0.123 e. The largest absolute Gasteiger partial charge is 0.491 e. The lowest BCUT2D eigenvalue weighted by Crippen LogP contribution is -2.06. The minimum absolute atomic E-state index is 0.552. The molecule has 0 aliphatic heterocycles. The molecular formula is C17H20O3. The minimum Gasteiger partial charge on any atom is -0.491 e. The van der Waals surface area contributed by atoms with Crippen molar-refractivity contribution in [1.29, 1.82) is 0 Å². The molecule has 3 heteroatoms. The second-order valence-corrected chi connectivity index (χ2v) is 4.29. The summed E-state index contributed by atoms with van der Waals surface area (Å²) in [5.74, 6) is 1.61. The molecule has 0 N–H and O–H groups in total. The van der Waals surface area contributed by atoms with Gasteiger partial charge in [-0.1, -0.05) is 36.4 Å². The smallest absolute Gasteiger partial charge is 0.123 e. The van der Waals surface area contributed by atoms with Crippen LogP contribution in [0.25, 0.3) is 0 Å². The van der Waals surface area contributed by atoms with Gasteiger partial charge >= 0.3 is 0 Å². The summed E-state index contributed by atoms with van der Waals surface area (Å²) in [6.07, 6.45) is 0. The lowest BCUT2D eigenvalue weighted by molar-refractivity contribution is 0.110. The molecule has 0 saturated heterocycles. The van der Waals surface area contributed by atoms with Gasteiger partial charge in [-0.25, -0.2) is 0 Å². The van der Waals surface area contributed by atoms with Crippen LogP contribution in [-0.2, 0) is 11.3 Å². The average Bonchev–Trinajstić information content (AvgIpc) is 2.51. The first-order valence-electron chi connectivity index (χ1n) is 6.86. The van der Waals surface area contributed by atoms with Gasteiger partial charge in [-0.3, -0.25) is 0 Å². The summed E-state index contributed by atoms with van der Waals surface area (Å²) in [7, 11) is 0. The van der Waals surface area contributed by atoms with E-state index in [9.17, 15) is 0 Å². The zero-order chi connectivity index (χ0) is 14.0. The van der Waals surface area contributed by atoms with Gasteiger partial charge in [0.1, 0.15) is 24.7 Å². The predicted octanol–water partition coefficient (Wildman–Crippen LogP) is 3.68. The SMILES string of the molecule is CCOCCOc1cccc(OCc2ccccc2)c1. The fourth-order valence-electron chi connectivity index (χ4n) is 1.76. The number of hydrogen-bond acceptors (Lipinski definition) is 3. The molecule has 0 fully saturated rings. The van der Waals surface area contributed by atoms with Crippen molar-refractivity contribution in [3.8, 4) is 11.5 Å². The number of ether oxygens (including phenoxy) is 3. The third kappa shape index (κ3) is 4.94. The lowest BCUT2D eigenvalue weighted by Gasteiger charge is -2.09. The molecule has 0 spiro atoms. The molecule has 0 heterocycles. The summed E-state index contributed by atoms with van der Waals surface area (Å²) in [6, 6.07) is 17.8. The van der Waals surface area contributed by atoms with E-state index in [1.54, 1.807) is 0 Å². The molecule has 2 aromatic carbocycles. The van der Waals surface area contributed by atoms with E-state index in [0.29, 0.717) is 26.4 Å². The average molecular weight is 272 g/mol. The summed E-state index contributed by atoms with van der Waals surface area (Å²) in [4.78, 5) is 0. The van der Waals surface area contributed by atoms with E-state index in [0.717, 1.165) is 17.1 Å². The Hall–Kier alpha value is -2.00. The second-order valence-electron chi connectivity index (χ2n) is 4.29. The molecule has 2 aromatic rings. The van der Waals surface area contributed by atoms with Crippen molar-refractivity contribution in [3.05, 3.63) is 60.2 Å². The molecule has 0 radical (unpaired) electrons. The highest BCUT2D eigenvalue weighted by molar-refractivity contribution is 5.33. The predicted molar refractivity (Wildman–Crippen MR) is 79.2 cm³/mol. The Morgan fingerprint density at radius 2 is 1.55 bits per heavy atom. The molecule has 0 bridgehead atoms. The standard InChI is InChI=1S/C17H20O3/c1-2-18-11-12-19-16-9-6-10-17(13-16)20-14-15-7-4-3-5-8-15/h3-10,13H,2,11-12,14H2,1H3. The Balaban J connectivity index is 1.83. The molecule has 20 heavy (non-hydrogen) atoms. The van der Waals surface area contributed by atoms with Gasteiger partial charge in [0.05, 0.1) is 6.61 Å². The zero-order valence-electron chi connectivity index (χ0n) is 11.7. The van der Waals surface area contributed by atoms with Crippen LogP contribution in [0.15, 0.2) is 54.6 Å². The summed E-state index contributed by atoms with van der Waals surface area (Å²) < 4.78 is 16.6. The van der Waals surface area contributed by atoms with Gasteiger partial charge in [0.15, 0.2) is 0 Å². The maximum absolute atomic E-state index is 5.75. The molecule has 106 valence electrons. The normalized spacial score (nSPS) is 10.2. The third-order valence-electron chi connectivity index (χ3n) is 2.75. The van der Waals surface area contributed by atoms with Gasteiger partial charge in [0.25, 0.3) is 0 Å². The summed E-state index contributed by atoms with van der Waals surface area (Å²) in [6.45, 7) is 4.40. The van der Waals surface area contributed by atoms with E-state index in [1.165, 1.54) is 0 Å². The van der Waals surface area contributed by atoms with Crippen molar-refractivity contribution >= 4 is 0 Å². The molecular weight excluding hydrogens is 252 g/mol. The Bertz CT molecular complexity index is 497. The van der Waals surface area contributed by atoms with Gasteiger partial charge in [0.2, 0.25) is 0 Å². The summed E-state index contributed by atoms with van der Waals surface area (Å²) >= 11 is 0. The number of hydrogen-bond donors (Lipinski definition) is 0. The van der Waals surface area contributed by atoms with Crippen molar-refractivity contribution in [2.24, 2.45) is 0 Å². The fraction of sp³-hybridized carbons (Fsp3) is 0.294. The molecule has 0 aliphatic rings. The molecule has 0 aromatic heterocycles. The number of rotatable bonds is 8. The van der Waals surface area contributed by atoms with Gasteiger partial charge < -0.3 is 14.2 Å². The summed E-state index contributed by atoms with van der Waals surface area (Å²) in [5.41, 5.74) is 1.15. The number of benzene rings is 2. The van der Waals surface area contributed by atoms with Crippen molar-refractivity contribution in [1.82, 2.24) is 0 Å². The van der Waals surface area contributed by atoms with E-state index in [1.807, 2.05) is 61.5 Å². The van der Waals surface area contributed by atoms with Crippen LogP contribution in [0.2, 0.25) is 0 Å². The quantitative estimate of drug-likeness (QED) is 0.686. The first kappa shape index (κ1) is 14.4. The second kappa shape index (κ2) is 8.23. The van der Waals surface area contributed by atoms with E-state index < -0.39 is 0 Å². The Labute approximate surface area is 120 Å². The Kier molecular flexibility index (Phi) is 5.93. The highest BCUT2D eigenvalue weighted by atomic mass is 16.5. The lowest BCUT2D eigenvalue weighted by atomic mass is 10.2. The van der Waals surface area contributed by atoms with Crippen LogP contribution in [0, 0.1) is 0 Å². The highest BCUT2D eigenvalue weighted by Crippen LogP contribution is 2.20. The van der Waals surface area contributed by atoms with Gasteiger partial charge in [-0.15, -0.1) is 0 Å². The molecule has 0 saturated carbocycles. The van der Waals surface area contributed by atoms with E-state index in [-0.39, 0.29) is 0 Å². The third-order valence-corrected chi connectivity index (χ3v) is 2.75. The first-order chi connectivity index (χ1) is 9.88. The molecule has 0 atom stereocenters. The van der Waals surface area contributed by atoms with E-state index >= 15 is 0 Å². The van der Waals surface area contributed by atoms with Crippen molar-refractivity contribution in [2.75, 3.05) is 19.8 Å². The van der Waals surface area contributed by atoms with Gasteiger partial charge in [-0.05, 0) is 24.6 Å². The van der Waals surface area contributed by atoms with Gasteiger partial charge in [0, 0.05) is 12.7 Å². The van der Waals surface area contributed by atoms with Crippen LogP contribution in [0.4, 0.5) is 0 Å². The molecule has 2 rings (SSSR count). The topological polar surface area (TPSA) is 27.7 Å². The van der Waals surface area contributed by atoms with Crippen LogP contribution in [-0.4, -0.2) is 19.8 Å². The molecule has 0 amide bonds. The minimum atomic E-state index is 0.552. The molecule has 3 nitrogen and oxygen atoms in total. The van der Waals surface area contributed by atoms with Gasteiger partial charge in [-0.2, -0.15) is 0 Å². The molecule has 0 unspecified atom stereocenters. The van der Waals surface area contributed by atoms with E-state index in [4.69, 9.17) is 14.2 Å². The van der Waals surface area contributed by atoms with Crippen LogP contribution in [0.5, 0.6) is 11.5 Å². The summed E-state index contributed by atoms with van der Waals surface area (Å²) in [5, 5.41) is 0. The fourth-order valence-corrected chi connectivity index (χ4v) is 1.76. The Morgan fingerprint density at radius 1 is 0.800 bits per heavy atom. The van der Waals surface area contributed by atoms with Crippen molar-refractivity contribution in [3.63, 3.8) is 0 Å². The van der Waals surface area contributed by atoms with Crippen LogP contribution in [0.1, 0.15) is 12.5 Å². The first-order valence-corrected chi connectivity index (χ1v) is 6.86.